The van der Waals surface area contributed by atoms with Crippen LogP contribution in [-0.4, -0.2) is 42.7 Å². The van der Waals surface area contributed by atoms with Crippen molar-refractivity contribution in [1.29, 1.82) is 0 Å². The van der Waals surface area contributed by atoms with Crippen LogP contribution in [0.5, 0.6) is 0 Å². The third kappa shape index (κ3) is 4.54. The molecule has 2 heterocycles. The molecule has 156 valence electrons. The number of thiazole rings is 1. The van der Waals surface area contributed by atoms with Crippen LogP contribution in [0.15, 0.2) is 35.2 Å². The molecule has 1 aliphatic carbocycles. The van der Waals surface area contributed by atoms with Crippen molar-refractivity contribution < 1.29 is 13.2 Å². The van der Waals surface area contributed by atoms with Gasteiger partial charge < -0.3 is 5.32 Å². The molecule has 8 heteroatoms. The maximum atomic E-state index is 13.0. The molecule has 0 spiro atoms. The van der Waals surface area contributed by atoms with Crippen LogP contribution in [0.2, 0.25) is 0 Å². The van der Waals surface area contributed by atoms with Crippen LogP contribution in [0.1, 0.15) is 47.7 Å². The van der Waals surface area contributed by atoms with Gasteiger partial charge in [-0.3, -0.25) is 4.79 Å². The summed E-state index contributed by atoms with van der Waals surface area (Å²) in [5.41, 5.74) is 1.23. The molecule has 1 atom stereocenters. The number of aryl methyl sites for hydroxylation is 2. The maximum Gasteiger partial charge on any atom is 0.243 e. The van der Waals surface area contributed by atoms with Gasteiger partial charge >= 0.3 is 0 Å². The number of sulfonamides is 1. The van der Waals surface area contributed by atoms with E-state index in [0.717, 1.165) is 30.7 Å². The number of hydrogen-bond acceptors (Lipinski definition) is 5. The molecule has 1 aromatic heterocycles. The van der Waals surface area contributed by atoms with E-state index in [2.05, 4.69) is 5.32 Å². The lowest BCUT2D eigenvalue weighted by Crippen LogP contribution is -2.52. The SMILES string of the molecule is O=C(NCCc1nc2c(s1)CCCC2)C1CCCCN1S(=O)(=O)c1ccccc1. The molecule has 1 fully saturated rings. The highest BCUT2D eigenvalue weighted by Gasteiger charge is 2.37. The predicted octanol–water partition coefficient (Wildman–Crippen LogP) is 2.92. The van der Waals surface area contributed by atoms with Crippen molar-refractivity contribution in [1.82, 2.24) is 14.6 Å². The topological polar surface area (TPSA) is 79.4 Å². The summed E-state index contributed by atoms with van der Waals surface area (Å²) in [6.07, 6.45) is 7.52. The third-order valence-electron chi connectivity index (χ3n) is 5.63. The van der Waals surface area contributed by atoms with E-state index >= 15 is 0 Å². The first kappa shape index (κ1) is 20.5. The minimum atomic E-state index is -3.67. The summed E-state index contributed by atoms with van der Waals surface area (Å²) in [5.74, 6) is -0.203. The second kappa shape index (κ2) is 8.93. The van der Waals surface area contributed by atoms with Gasteiger partial charge in [0.05, 0.1) is 15.6 Å². The molecule has 1 N–H and O–H groups in total. The number of hydrogen-bond donors (Lipinski definition) is 1. The Bertz CT molecular complexity index is 933. The Hall–Kier alpha value is -1.77. The molecule has 1 saturated heterocycles. The number of benzene rings is 1. The number of piperidine rings is 1. The number of aromatic nitrogens is 1. The van der Waals surface area contributed by atoms with Gasteiger partial charge in [0.2, 0.25) is 15.9 Å². The van der Waals surface area contributed by atoms with Gasteiger partial charge in [0, 0.05) is 24.4 Å². The van der Waals surface area contributed by atoms with Gasteiger partial charge in [0.25, 0.3) is 0 Å². The van der Waals surface area contributed by atoms with Crippen molar-refractivity contribution in [2.75, 3.05) is 13.1 Å². The summed E-state index contributed by atoms with van der Waals surface area (Å²) in [5, 5.41) is 4.02. The maximum absolute atomic E-state index is 13.0. The molecule has 4 rings (SSSR count). The number of nitrogens with zero attached hydrogens (tertiary/aromatic N) is 2. The third-order valence-corrected chi connectivity index (χ3v) is 8.77. The van der Waals surface area contributed by atoms with Crippen LogP contribution in [0, 0.1) is 0 Å². The summed E-state index contributed by atoms with van der Waals surface area (Å²) < 4.78 is 27.5. The van der Waals surface area contributed by atoms with Crippen molar-refractivity contribution in [3.63, 3.8) is 0 Å². The highest BCUT2D eigenvalue weighted by Crippen LogP contribution is 2.27. The Morgan fingerprint density at radius 1 is 1.14 bits per heavy atom. The van der Waals surface area contributed by atoms with Crippen LogP contribution in [0.4, 0.5) is 0 Å². The summed E-state index contributed by atoms with van der Waals surface area (Å²) >= 11 is 1.76. The summed E-state index contributed by atoms with van der Waals surface area (Å²) in [6, 6.07) is 7.74. The Labute approximate surface area is 176 Å². The molecular weight excluding hydrogens is 406 g/mol. The zero-order chi connectivity index (χ0) is 20.3. The molecule has 1 unspecified atom stereocenters. The van der Waals surface area contributed by atoms with Gasteiger partial charge in [0.1, 0.15) is 6.04 Å². The molecule has 29 heavy (non-hydrogen) atoms. The number of nitrogens with one attached hydrogen (secondary N) is 1. The lowest BCUT2D eigenvalue weighted by Gasteiger charge is -2.33. The lowest BCUT2D eigenvalue weighted by molar-refractivity contribution is -0.125. The largest absolute Gasteiger partial charge is 0.354 e. The van der Waals surface area contributed by atoms with E-state index in [1.165, 1.54) is 27.7 Å². The summed E-state index contributed by atoms with van der Waals surface area (Å²) in [6.45, 7) is 0.871. The Balaban J connectivity index is 1.39. The molecule has 1 aromatic carbocycles. The highest BCUT2D eigenvalue weighted by molar-refractivity contribution is 7.89. The van der Waals surface area contributed by atoms with Crippen LogP contribution in [-0.2, 0) is 34.1 Å². The van der Waals surface area contributed by atoms with Crippen molar-refractivity contribution >= 4 is 27.3 Å². The Morgan fingerprint density at radius 3 is 2.72 bits per heavy atom. The first-order valence-corrected chi connectivity index (χ1v) is 12.6. The molecular formula is C21H27N3O3S2. The molecule has 6 nitrogen and oxygen atoms in total. The number of carbonyl (C=O) groups excluding carboxylic acids is 1. The fourth-order valence-electron chi connectivity index (χ4n) is 4.11. The van der Waals surface area contributed by atoms with Crippen LogP contribution in [0.3, 0.4) is 0 Å². The van der Waals surface area contributed by atoms with E-state index in [1.54, 1.807) is 41.7 Å². The molecule has 1 amide bonds. The van der Waals surface area contributed by atoms with Crippen molar-refractivity contribution in [2.45, 2.75) is 62.3 Å². The van der Waals surface area contributed by atoms with Gasteiger partial charge in [-0.05, 0) is 50.7 Å². The minimum Gasteiger partial charge on any atom is -0.354 e. The van der Waals surface area contributed by atoms with Gasteiger partial charge in [-0.15, -0.1) is 11.3 Å². The quantitative estimate of drug-likeness (QED) is 0.760. The fraction of sp³-hybridized carbons (Fsp3) is 0.524. The van der Waals surface area contributed by atoms with E-state index in [1.807, 2.05) is 0 Å². The zero-order valence-corrected chi connectivity index (χ0v) is 18.1. The molecule has 2 aliphatic rings. The first-order valence-electron chi connectivity index (χ1n) is 10.4. The van der Waals surface area contributed by atoms with E-state index in [0.29, 0.717) is 25.9 Å². The molecule has 0 radical (unpaired) electrons. The highest BCUT2D eigenvalue weighted by atomic mass is 32.2. The second-order valence-corrected chi connectivity index (χ2v) is 10.7. The summed E-state index contributed by atoms with van der Waals surface area (Å²) in [4.78, 5) is 19.2. The van der Waals surface area contributed by atoms with Crippen molar-refractivity contribution in [2.24, 2.45) is 0 Å². The van der Waals surface area contributed by atoms with Gasteiger partial charge in [-0.25, -0.2) is 13.4 Å². The first-order chi connectivity index (χ1) is 14.1. The zero-order valence-electron chi connectivity index (χ0n) is 16.5. The second-order valence-electron chi connectivity index (χ2n) is 7.67. The average molecular weight is 434 g/mol. The Kier molecular flexibility index (Phi) is 6.32. The van der Waals surface area contributed by atoms with Gasteiger partial charge in [0.15, 0.2) is 0 Å². The van der Waals surface area contributed by atoms with Crippen molar-refractivity contribution in [3.05, 3.63) is 45.9 Å². The van der Waals surface area contributed by atoms with E-state index in [-0.39, 0.29) is 10.8 Å². The summed E-state index contributed by atoms with van der Waals surface area (Å²) in [7, 11) is -3.67. The molecule has 2 aromatic rings. The number of amides is 1. The average Bonchev–Trinajstić information content (AvgIpc) is 3.17. The minimum absolute atomic E-state index is 0.203. The van der Waals surface area contributed by atoms with Crippen molar-refractivity contribution in [3.8, 4) is 0 Å². The van der Waals surface area contributed by atoms with E-state index in [9.17, 15) is 13.2 Å². The fourth-order valence-corrected chi connectivity index (χ4v) is 6.94. The number of rotatable bonds is 6. The van der Waals surface area contributed by atoms with E-state index in [4.69, 9.17) is 4.98 Å². The standard InChI is InChI=1S/C21H27N3O3S2/c25-21(22-14-13-20-23-17-10-4-5-12-19(17)28-20)18-11-6-7-15-24(18)29(26,27)16-8-2-1-3-9-16/h1-3,8-9,18H,4-7,10-15H2,(H,22,25). The van der Waals surface area contributed by atoms with E-state index < -0.39 is 16.1 Å². The van der Waals surface area contributed by atoms with Gasteiger partial charge in [-0.1, -0.05) is 24.6 Å². The molecule has 0 bridgehead atoms. The van der Waals surface area contributed by atoms with Crippen LogP contribution in [0.25, 0.3) is 0 Å². The van der Waals surface area contributed by atoms with Crippen LogP contribution >= 0.6 is 11.3 Å². The molecule has 0 saturated carbocycles. The normalized spacial score (nSPS) is 20.2. The monoisotopic (exact) mass is 433 g/mol. The smallest absolute Gasteiger partial charge is 0.243 e. The van der Waals surface area contributed by atoms with Gasteiger partial charge in [-0.2, -0.15) is 4.31 Å². The predicted molar refractivity (Wildman–Crippen MR) is 113 cm³/mol. The Morgan fingerprint density at radius 2 is 1.93 bits per heavy atom. The molecule has 1 aliphatic heterocycles. The number of fused-ring (bicyclic) bond motifs is 1. The number of carbonyl (C=O) groups is 1. The lowest BCUT2D eigenvalue weighted by atomic mass is 10.0. The van der Waals surface area contributed by atoms with Crippen LogP contribution < -0.4 is 5.32 Å².